The summed E-state index contributed by atoms with van der Waals surface area (Å²) in [5.74, 6) is 1.65. The van der Waals surface area contributed by atoms with Crippen molar-refractivity contribution in [2.45, 2.75) is 51.4 Å². The fourth-order valence-electron chi connectivity index (χ4n) is 4.62. The molecule has 7 nitrogen and oxygen atoms in total. The Bertz CT molecular complexity index is 956. The van der Waals surface area contributed by atoms with Gasteiger partial charge in [0.25, 0.3) is 5.91 Å². The summed E-state index contributed by atoms with van der Waals surface area (Å²) in [6.07, 6.45) is 8.06. The quantitative estimate of drug-likeness (QED) is 0.789. The zero-order valence-corrected chi connectivity index (χ0v) is 18.3. The molecule has 1 saturated carbocycles. The highest BCUT2D eigenvalue weighted by Crippen LogP contribution is 2.31. The second kappa shape index (κ2) is 9.45. The van der Waals surface area contributed by atoms with Crippen molar-refractivity contribution in [3.8, 4) is 5.75 Å². The number of para-hydroxylation sites is 2. The van der Waals surface area contributed by atoms with Gasteiger partial charge in [-0.1, -0.05) is 31.4 Å². The van der Waals surface area contributed by atoms with Crippen LogP contribution in [-0.4, -0.2) is 46.9 Å². The molecule has 1 aromatic carbocycles. The molecule has 7 heteroatoms. The first kappa shape index (κ1) is 21.3. The Labute approximate surface area is 183 Å². The SMILES string of the molecule is COc1ccccc1NC(=O)c1cnc(C2CCN(C(=O)C3CCCCC3)C2)nc1C. The number of amides is 2. The van der Waals surface area contributed by atoms with Crippen molar-refractivity contribution in [2.24, 2.45) is 5.92 Å². The molecule has 1 atom stereocenters. The third kappa shape index (κ3) is 4.70. The first-order chi connectivity index (χ1) is 15.1. The molecular weight excluding hydrogens is 392 g/mol. The Morgan fingerprint density at radius 3 is 2.65 bits per heavy atom. The molecule has 0 bridgehead atoms. The first-order valence-electron chi connectivity index (χ1n) is 11.1. The molecule has 1 aliphatic carbocycles. The standard InChI is InChI=1S/C24H30N4O3/c1-16-19(23(29)27-20-10-6-7-11-21(20)31-2)14-25-22(26-16)18-12-13-28(15-18)24(30)17-8-4-3-5-9-17/h6-7,10-11,14,17-18H,3-5,8-9,12-13,15H2,1-2H3,(H,27,29). The van der Waals surface area contributed by atoms with Crippen LogP contribution in [0, 0.1) is 12.8 Å². The molecule has 31 heavy (non-hydrogen) atoms. The highest BCUT2D eigenvalue weighted by molar-refractivity contribution is 6.05. The van der Waals surface area contributed by atoms with E-state index in [-0.39, 0.29) is 17.7 Å². The molecule has 164 valence electrons. The molecule has 1 unspecified atom stereocenters. The third-order valence-electron chi connectivity index (χ3n) is 6.42. The fourth-order valence-corrected chi connectivity index (χ4v) is 4.62. The Morgan fingerprint density at radius 1 is 1.13 bits per heavy atom. The highest BCUT2D eigenvalue weighted by Gasteiger charge is 2.33. The van der Waals surface area contributed by atoms with E-state index in [0.717, 1.165) is 38.6 Å². The molecule has 2 amide bonds. The van der Waals surface area contributed by atoms with Gasteiger partial charge in [-0.3, -0.25) is 9.59 Å². The summed E-state index contributed by atoms with van der Waals surface area (Å²) in [5, 5.41) is 2.87. The van der Waals surface area contributed by atoms with Gasteiger partial charge in [0.15, 0.2) is 0 Å². The largest absolute Gasteiger partial charge is 0.495 e. The van der Waals surface area contributed by atoms with Crippen LogP contribution < -0.4 is 10.1 Å². The number of hydrogen-bond donors (Lipinski definition) is 1. The molecule has 4 rings (SSSR count). The third-order valence-corrected chi connectivity index (χ3v) is 6.42. The van der Waals surface area contributed by atoms with E-state index >= 15 is 0 Å². The van der Waals surface area contributed by atoms with Gasteiger partial charge in [-0.25, -0.2) is 9.97 Å². The molecule has 0 spiro atoms. The number of hydrogen-bond acceptors (Lipinski definition) is 5. The van der Waals surface area contributed by atoms with Crippen LogP contribution in [0.25, 0.3) is 0 Å². The van der Waals surface area contributed by atoms with Crippen LogP contribution in [0.1, 0.15) is 66.3 Å². The van der Waals surface area contributed by atoms with Crippen molar-refractivity contribution in [3.63, 3.8) is 0 Å². The maximum Gasteiger partial charge on any atom is 0.259 e. The molecule has 2 aliphatic rings. The molecule has 2 heterocycles. The second-order valence-corrected chi connectivity index (χ2v) is 8.49. The van der Waals surface area contributed by atoms with Gasteiger partial charge in [-0.15, -0.1) is 0 Å². The van der Waals surface area contributed by atoms with Crippen molar-refractivity contribution in [2.75, 3.05) is 25.5 Å². The number of carbonyl (C=O) groups excluding carboxylic acids is 2. The zero-order chi connectivity index (χ0) is 21.8. The number of likely N-dealkylation sites (tertiary alicyclic amines) is 1. The monoisotopic (exact) mass is 422 g/mol. The summed E-state index contributed by atoms with van der Waals surface area (Å²) >= 11 is 0. The summed E-state index contributed by atoms with van der Waals surface area (Å²) in [4.78, 5) is 36.7. The molecule has 1 N–H and O–H groups in total. The maximum atomic E-state index is 12.8. The van der Waals surface area contributed by atoms with Crippen molar-refractivity contribution in [1.29, 1.82) is 0 Å². The Kier molecular flexibility index (Phi) is 6.49. The summed E-state index contributed by atoms with van der Waals surface area (Å²) in [6.45, 7) is 3.25. The van der Waals surface area contributed by atoms with E-state index in [9.17, 15) is 9.59 Å². The van der Waals surface area contributed by atoms with Gasteiger partial charge in [-0.2, -0.15) is 0 Å². The summed E-state index contributed by atoms with van der Waals surface area (Å²) in [7, 11) is 1.57. The van der Waals surface area contributed by atoms with Gasteiger partial charge < -0.3 is 15.0 Å². The zero-order valence-electron chi connectivity index (χ0n) is 18.3. The van der Waals surface area contributed by atoms with Crippen LogP contribution in [0.15, 0.2) is 30.5 Å². The molecule has 2 aromatic rings. The van der Waals surface area contributed by atoms with Gasteiger partial charge in [0, 0.05) is 31.1 Å². The normalized spacial score (nSPS) is 19.3. The number of benzene rings is 1. The van der Waals surface area contributed by atoms with Gasteiger partial charge in [0.2, 0.25) is 5.91 Å². The Hall–Kier alpha value is -2.96. The molecule has 0 radical (unpaired) electrons. The maximum absolute atomic E-state index is 12.8. The van der Waals surface area contributed by atoms with E-state index in [1.165, 1.54) is 6.42 Å². The predicted molar refractivity (Wildman–Crippen MR) is 118 cm³/mol. The van der Waals surface area contributed by atoms with Gasteiger partial charge in [0.05, 0.1) is 24.1 Å². The average Bonchev–Trinajstić information content (AvgIpc) is 3.29. The lowest BCUT2D eigenvalue weighted by atomic mass is 9.88. The van der Waals surface area contributed by atoms with Crippen molar-refractivity contribution in [3.05, 3.63) is 47.5 Å². The van der Waals surface area contributed by atoms with Gasteiger partial charge in [-0.05, 0) is 38.3 Å². The van der Waals surface area contributed by atoms with E-state index < -0.39 is 0 Å². The second-order valence-electron chi connectivity index (χ2n) is 8.49. The molecule has 1 aromatic heterocycles. The topological polar surface area (TPSA) is 84.4 Å². The lowest BCUT2D eigenvalue weighted by molar-refractivity contribution is -0.135. The van der Waals surface area contributed by atoms with Crippen LogP contribution in [-0.2, 0) is 4.79 Å². The molecule has 1 saturated heterocycles. The van der Waals surface area contributed by atoms with E-state index in [4.69, 9.17) is 4.74 Å². The number of nitrogens with one attached hydrogen (secondary N) is 1. The lowest BCUT2D eigenvalue weighted by Crippen LogP contribution is -2.35. The highest BCUT2D eigenvalue weighted by atomic mass is 16.5. The smallest absolute Gasteiger partial charge is 0.259 e. The average molecular weight is 423 g/mol. The molecular formula is C24H30N4O3. The minimum atomic E-state index is -0.269. The molecule has 2 fully saturated rings. The number of aromatic nitrogens is 2. The summed E-state index contributed by atoms with van der Waals surface area (Å²) < 4.78 is 5.29. The Morgan fingerprint density at radius 2 is 1.90 bits per heavy atom. The fraction of sp³-hybridized carbons (Fsp3) is 0.500. The number of anilines is 1. The first-order valence-corrected chi connectivity index (χ1v) is 11.1. The van der Waals surface area contributed by atoms with Gasteiger partial charge in [0.1, 0.15) is 11.6 Å². The summed E-state index contributed by atoms with van der Waals surface area (Å²) in [6, 6.07) is 7.27. The van der Waals surface area contributed by atoms with Crippen LogP contribution in [0.2, 0.25) is 0 Å². The summed E-state index contributed by atoms with van der Waals surface area (Å²) in [5.41, 5.74) is 1.67. The number of carbonyl (C=O) groups is 2. The number of nitrogens with zero attached hydrogens (tertiary/aromatic N) is 3. The van der Waals surface area contributed by atoms with Crippen molar-refractivity contribution < 1.29 is 14.3 Å². The van der Waals surface area contributed by atoms with Gasteiger partial charge >= 0.3 is 0 Å². The predicted octanol–water partition coefficient (Wildman–Crippen LogP) is 3.94. The Balaban J connectivity index is 1.41. The minimum Gasteiger partial charge on any atom is -0.495 e. The van der Waals surface area contributed by atoms with Crippen LogP contribution >= 0.6 is 0 Å². The lowest BCUT2D eigenvalue weighted by Gasteiger charge is -2.26. The van der Waals surface area contributed by atoms with Crippen LogP contribution in [0.3, 0.4) is 0 Å². The number of methoxy groups -OCH3 is 1. The van der Waals surface area contributed by atoms with E-state index in [1.54, 1.807) is 25.4 Å². The number of rotatable bonds is 5. The van der Waals surface area contributed by atoms with Crippen molar-refractivity contribution in [1.82, 2.24) is 14.9 Å². The molecule has 1 aliphatic heterocycles. The van der Waals surface area contributed by atoms with E-state index in [1.807, 2.05) is 24.0 Å². The minimum absolute atomic E-state index is 0.123. The van der Waals surface area contributed by atoms with Crippen LogP contribution in [0.4, 0.5) is 5.69 Å². The number of ether oxygens (including phenoxy) is 1. The van der Waals surface area contributed by atoms with E-state index in [2.05, 4.69) is 15.3 Å². The number of aryl methyl sites for hydroxylation is 1. The van der Waals surface area contributed by atoms with Crippen LogP contribution in [0.5, 0.6) is 5.75 Å². The van der Waals surface area contributed by atoms with E-state index in [0.29, 0.717) is 41.0 Å². The van der Waals surface area contributed by atoms with Crippen molar-refractivity contribution >= 4 is 17.5 Å².